The Morgan fingerprint density at radius 1 is 1.31 bits per heavy atom. The first kappa shape index (κ1) is 13.4. The van der Waals surface area contributed by atoms with Crippen molar-refractivity contribution < 1.29 is 29.6 Å². The Balaban J connectivity index is 2.77. The van der Waals surface area contributed by atoms with Gasteiger partial charge in [-0.1, -0.05) is 6.92 Å². The average molecular weight is 234 g/mol. The Morgan fingerprint density at radius 3 is 2.31 bits per heavy atom. The van der Waals surface area contributed by atoms with E-state index < -0.39 is 36.5 Å². The lowest BCUT2D eigenvalue weighted by Gasteiger charge is -2.40. The van der Waals surface area contributed by atoms with Crippen molar-refractivity contribution in [3.05, 3.63) is 0 Å². The van der Waals surface area contributed by atoms with Crippen molar-refractivity contribution in [2.45, 2.75) is 51.5 Å². The first-order valence-electron chi connectivity index (χ1n) is 5.24. The van der Waals surface area contributed by atoms with E-state index >= 15 is 0 Å². The van der Waals surface area contributed by atoms with E-state index in [4.69, 9.17) is 14.6 Å². The van der Waals surface area contributed by atoms with Gasteiger partial charge >= 0.3 is 5.97 Å². The number of aliphatic carboxylic acids is 1. The minimum Gasteiger partial charge on any atom is -0.479 e. The van der Waals surface area contributed by atoms with Crippen molar-refractivity contribution in [3.63, 3.8) is 0 Å². The third kappa shape index (κ3) is 2.70. The van der Waals surface area contributed by atoms with Crippen molar-refractivity contribution in [1.82, 2.24) is 0 Å². The highest BCUT2D eigenvalue weighted by Gasteiger charge is 2.46. The summed E-state index contributed by atoms with van der Waals surface area (Å²) in [7, 11) is 0. The highest BCUT2D eigenvalue weighted by Crippen LogP contribution is 2.27. The second-order valence-electron chi connectivity index (χ2n) is 4.29. The van der Waals surface area contributed by atoms with Crippen molar-refractivity contribution in [3.8, 4) is 0 Å². The number of hydrogen-bond acceptors (Lipinski definition) is 5. The predicted molar refractivity (Wildman–Crippen MR) is 53.7 cm³/mol. The van der Waals surface area contributed by atoms with Gasteiger partial charge < -0.3 is 24.8 Å². The van der Waals surface area contributed by atoms with E-state index in [9.17, 15) is 15.0 Å². The molecule has 0 amide bonds. The van der Waals surface area contributed by atoms with Crippen LogP contribution in [0.1, 0.15) is 20.8 Å². The summed E-state index contributed by atoms with van der Waals surface area (Å²) >= 11 is 0. The third-order valence-electron chi connectivity index (χ3n) is 2.58. The number of carbonyl (C=O) groups is 1. The van der Waals surface area contributed by atoms with E-state index in [1.54, 1.807) is 13.8 Å². The molecule has 0 aromatic rings. The summed E-state index contributed by atoms with van der Waals surface area (Å²) in [6, 6.07) is 0. The van der Waals surface area contributed by atoms with Crippen LogP contribution in [0, 0.1) is 5.92 Å². The van der Waals surface area contributed by atoms with Gasteiger partial charge in [0, 0.05) is 5.92 Å². The van der Waals surface area contributed by atoms with Crippen LogP contribution in [0.5, 0.6) is 0 Å². The second-order valence-corrected chi connectivity index (χ2v) is 4.29. The van der Waals surface area contributed by atoms with Gasteiger partial charge in [-0.05, 0) is 13.8 Å². The molecule has 0 aromatic carbocycles. The van der Waals surface area contributed by atoms with Crippen LogP contribution in [0.4, 0.5) is 0 Å². The van der Waals surface area contributed by atoms with Gasteiger partial charge in [-0.3, -0.25) is 0 Å². The molecule has 1 heterocycles. The SMILES string of the molecule is CC(C)OC1O[C@H](C(=O)O)[C@@H](C)[C@H](O)[C@H]1O. The number of carboxylic acid groups (broad SMARTS) is 1. The number of aliphatic hydroxyl groups excluding tert-OH is 2. The van der Waals surface area contributed by atoms with Gasteiger partial charge in [0.25, 0.3) is 0 Å². The Bertz CT molecular complexity index is 254. The lowest BCUT2D eigenvalue weighted by molar-refractivity contribution is -0.290. The van der Waals surface area contributed by atoms with E-state index in [2.05, 4.69) is 0 Å². The van der Waals surface area contributed by atoms with Crippen LogP contribution < -0.4 is 0 Å². The quantitative estimate of drug-likeness (QED) is 0.613. The number of carboxylic acids is 1. The highest BCUT2D eigenvalue weighted by molar-refractivity contribution is 5.73. The van der Waals surface area contributed by atoms with Gasteiger partial charge in [0.15, 0.2) is 12.4 Å². The molecule has 1 aliphatic rings. The van der Waals surface area contributed by atoms with E-state index in [0.717, 1.165) is 0 Å². The molecular formula is C10H18O6. The minimum absolute atomic E-state index is 0.227. The summed E-state index contributed by atoms with van der Waals surface area (Å²) in [6.45, 7) is 4.98. The highest BCUT2D eigenvalue weighted by atomic mass is 16.7. The first-order valence-corrected chi connectivity index (χ1v) is 5.24. The first-order chi connectivity index (χ1) is 7.34. The van der Waals surface area contributed by atoms with E-state index in [1.165, 1.54) is 6.92 Å². The molecule has 16 heavy (non-hydrogen) atoms. The standard InChI is InChI=1S/C10H18O6/c1-4(2)15-10-7(12)6(11)5(3)8(16-10)9(13)14/h4-8,10-12H,1-3H3,(H,13,14)/t5-,6-,7+,8-,10?/m0/s1. The van der Waals surface area contributed by atoms with Crippen molar-refractivity contribution in [2.24, 2.45) is 5.92 Å². The molecular weight excluding hydrogens is 216 g/mol. The number of hydrogen-bond donors (Lipinski definition) is 3. The molecule has 0 bridgehead atoms. The third-order valence-corrected chi connectivity index (χ3v) is 2.58. The monoisotopic (exact) mass is 234 g/mol. The molecule has 1 rings (SSSR count). The molecule has 0 radical (unpaired) electrons. The molecule has 94 valence electrons. The summed E-state index contributed by atoms with van der Waals surface area (Å²) in [6.07, 6.45) is -4.89. The maximum Gasteiger partial charge on any atom is 0.333 e. The van der Waals surface area contributed by atoms with Crippen LogP contribution in [0.3, 0.4) is 0 Å². The van der Waals surface area contributed by atoms with Gasteiger partial charge in [-0.15, -0.1) is 0 Å². The van der Waals surface area contributed by atoms with Crippen molar-refractivity contribution >= 4 is 5.97 Å². The lowest BCUT2D eigenvalue weighted by atomic mass is 9.91. The Labute approximate surface area is 93.8 Å². The van der Waals surface area contributed by atoms with Crippen LogP contribution in [0.2, 0.25) is 0 Å². The van der Waals surface area contributed by atoms with E-state index in [1.807, 2.05) is 0 Å². The summed E-state index contributed by atoms with van der Waals surface area (Å²) < 4.78 is 10.3. The Morgan fingerprint density at radius 2 is 1.88 bits per heavy atom. The Kier molecular flexibility index (Phi) is 4.26. The van der Waals surface area contributed by atoms with Crippen LogP contribution in [-0.4, -0.2) is 52.0 Å². The smallest absolute Gasteiger partial charge is 0.333 e. The predicted octanol–water partition coefficient (Wildman–Crippen LogP) is -0.421. The largest absolute Gasteiger partial charge is 0.479 e. The molecule has 0 aromatic heterocycles. The minimum atomic E-state index is -1.23. The molecule has 0 spiro atoms. The maximum absolute atomic E-state index is 10.9. The molecule has 1 aliphatic heterocycles. The molecule has 6 heteroatoms. The summed E-state index contributed by atoms with van der Waals surface area (Å²) in [5.41, 5.74) is 0. The van der Waals surface area contributed by atoms with Crippen molar-refractivity contribution in [1.29, 1.82) is 0 Å². The topological polar surface area (TPSA) is 96.2 Å². The van der Waals surface area contributed by atoms with Gasteiger partial charge in [0.2, 0.25) is 0 Å². The second kappa shape index (κ2) is 5.09. The van der Waals surface area contributed by atoms with Gasteiger partial charge in [-0.25, -0.2) is 4.79 Å². The zero-order chi connectivity index (χ0) is 12.5. The molecule has 6 nitrogen and oxygen atoms in total. The van der Waals surface area contributed by atoms with E-state index in [-0.39, 0.29) is 6.10 Å². The van der Waals surface area contributed by atoms with Crippen LogP contribution >= 0.6 is 0 Å². The fourth-order valence-corrected chi connectivity index (χ4v) is 1.66. The summed E-state index contributed by atoms with van der Waals surface area (Å²) in [4.78, 5) is 10.9. The molecule has 0 saturated carbocycles. The molecule has 1 saturated heterocycles. The average Bonchev–Trinajstić information content (AvgIpc) is 2.18. The van der Waals surface area contributed by atoms with Crippen LogP contribution in [0.15, 0.2) is 0 Å². The zero-order valence-electron chi connectivity index (χ0n) is 9.53. The molecule has 3 N–H and O–H groups in total. The number of rotatable bonds is 3. The zero-order valence-corrected chi connectivity index (χ0v) is 9.53. The number of aliphatic hydroxyl groups is 2. The van der Waals surface area contributed by atoms with Gasteiger partial charge in [0.05, 0.1) is 12.2 Å². The van der Waals surface area contributed by atoms with Crippen LogP contribution in [-0.2, 0) is 14.3 Å². The van der Waals surface area contributed by atoms with Gasteiger partial charge in [0.1, 0.15) is 6.10 Å². The molecule has 1 fully saturated rings. The lowest BCUT2D eigenvalue weighted by Crippen LogP contribution is -2.57. The van der Waals surface area contributed by atoms with Crippen molar-refractivity contribution in [2.75, 3.05) is 0 Å². The van der Waals surface area contributed by atoms with E-state index in [0.29, 0.717) is 0 Å². The van der Waals surface area contributed by atoms with Gasteiger partial charge in [-0.2, -0.15) is 0 Å². The summed E-state index contributed by atoms with van der Waals surface area (Å²) in [5, 5.41) is 28.2. The molecule has 5 atom stereocenters. The number of ether oxygens (including phenoxy) is 2. The van der Waals surface area contributed by atoms with Crippen LogP contribution in [0.25, 0.3) is 0 Å². The molecule has 0 aliphatic carbocycles. The molecule has 1 unspecified atom stereocenters. The fraction of sp³-hybridized carbons (Fsp3) is 0.900. The fourth-order valence-electron chi connectivity index (χ4n) is 1.66. The Hall–Kier alpha value is -0.690. The maximum atomic E-state index is 10.9. The summed E-state index contributed by atoms with van der Waals surface area (Å²) in [5.74, 6) is -1.85. The normalized spacial score (nSPS) is 40.0.